The molecule has 3 amide bonds. The summed E-state index contributed by atoms with van der Waals surface area (Å²) in [6, 6.07) is 12.1. The average molecular weight is 454 g/mol. The molecule has 0 spiro atoms. The van der Waals surface area contributed by atoms with Crippen molar-refractivity contribution in [1.29, 1.82) is 0 Å². The molecule has 0 bridgehead atoms. The summed E-state index contributed by atoms with van der Waals surface area (Å²) in [4.78, 5) is 42.5. The minimum Gasteiger partial charge on any atom is -0.341 e. The fraction of sp³-hybridized carbons (Fsp3) is 0.423. The molecule has 1 fully saturated rings. The van der Waals surface area contributed by atoms with E-state index in [-0.39, 0.29) is 17.7 Å². The summed E-state index contributed by atoms with van der Waals surface area (Å²) < 4.78 is 13.2. The standard InChI is InChI=1S/C26H32FN3O3/c1-4-29(5-2)26(33)23(28-24(31)20-10-12-22(27)13-11-20)19-14-16-30(17-15-19)25(32)21-8-6-18(3)7-9-21/h6-13,19,23H,4-5,14-17H2,1-3H3,(H,28,31)/t23-/m1/s1. The van der Waals surface area contributed by atoms with E-state index < -0.39 is 17.8 Å². The molecule has 3 rings (SSSR count). The summed E-state index contributed by atoms with van der Waals surface area (Å²) in [5, 5.41) is 2.90. The molecule has 0 aromatic heterocycles. The summed E-state index contributed by atoms with van der Waals surface area (Å²) in [5.41, 5.74) is 2.06. The first kappa shape index (κ1) is 24.4. The number of aryl methyl sites for hydroxylation is 1. The van der Waals surface area contributed by atoms with Gasteiger partial charge < -0.3 is 15.1 Å². The van der Waals surface area contributed by atoms with Gasteiger partial charge in [-0.1, -0.05) is 17.7 Å². The maximum absolute atomic E-state index is 13.3. The van der Waals surface area contributed by atoms with Crippen molar-refractivity contribution in [2.75, 3.05) is 26.2 Å². The van der Waals surface area contributed by atoms with Gasteiger partial charge >= 0.3 is 0 Å². The van der Waals surface area contributed by atoms with Crippen LogP contribution in [-0.2, 0) is 4.79 Å². The van der Waals surface area contributed by atoms with E-state index in [1.54, 1.807) is 4.90 Å². The van der Waals surface area contributed by atoms with E-state index in [0.29, 0.717) is 50.1 Å². The number of carbonyl (C=O) groups excluding carboxylic acids is 3. The maximum atomic E-state index is 13.3. The van der Waals surface area contributed by atoms with Gasteiger partial charge in [-0.05, 0) is 75.9 Å². The summed E-state index contributed by atoms with van der Waals surface area (Å²) in [6.07, 6.45) is 1.22. The topological polar surface area (TPSA) is 69.7 Å². The van der Waals surface area contributed by atoms with E-state index in [1.165, 1.54) is 24.3 Å². The Morgan fingerprint density at radius 3 is 2.06 bits per heavy atom. The molecule has 176 valence electrons. The van der Waals surface area contributed by atoms with E-state index in [4.69, 9.17) is 0 Å². The number of rotatable bonds is 7. The largest absolute Gasteiger partial charge is 0.341 e. The number of hydrogen-bond donors (Lipinski definition) is 1. The molecular formula is C26H32FN3O3. The molecule has 2 aromatic rings. The van der Waals surface area contributed by atoms with E-state index in [0.717, 1.165) is 5.56 Å². The Balaban J connectivity index is 1.72. The van der Waals surface area contributed by atoms with Crippen LogP contribution in [0.2, 0.25) is 0 Å². The highest BCUT2D eigenvalue weighted by molar-refractivity contribution is 5.97. The number of nitrogens with zero attached hydrogens (tertiary/aromatic N) is 2. The lowest BCUT2D eigenvalue weighted by atomic mass is 9.87. The van der Waals surface area contributed by atoms with Crippen LogP contribution in [0, 0.1) is 18.7 Å². The first-order chi connectivity index (χ1) is 15.8. The lowest BCUT2D eigenvalue weighted by molar-refractivity contribution is -0.134. The Hall–Kier alpha value is -3.22. The van der Waals surface area contributed by atoms with Crippen LogP contribution in [0.25, 0.3) is 0 Å². The molecule has 1 aliphatic heterocycles. The minimum absolute atomic E-state index is 0.0181. The number of nitrogens with one attached hydrogen (secondary N) is 1. The Morgan fingerprint density at radius 1 is 0.970 bits per heavy atom. The quantitative estimate of drug-likeness (QED) is 0.696. The van der Waals surface area contributed by atoms with Gasteiger partial charge in [0.25, 0.3) is 11.8 Å². The molecule has 1 atom stereocenters. The van der Waals surface area contributed by atoms with Gasteiger partial charge in [-0.3, -0.25) is 14.4 Å². The third-order valence-corrected chi connectivity index (χ3v) is 6.33. The molecule has 1 saturated heterocycles. The normalized spacial score (nSPS) is 15.1. The van der Waals surface area contributed by atoms with Crippen molar-refractivity contribution in [2.24, 2.45) is 5.92 Å². The molecule has 1 aliphatic rings. The zero-order valence-corrected chi connectivity index (χ0v) is 19.5. The van der Waals surface area contributed by atoms with Gasteiger partial charge in [0, 0.05) is 37.3 Å². The molecule has 6 nitrogen and oxygen atoms in total. The second-order valence-corrected chi connectivity index (χ2v) is 8.46. The second-order valence-electron chi connectivity index (χ2n) is 8.46. The van der Waals surface area contributed by atoms with Crippen LogP contribution in [-0.4, -0.2) is 59.7 Å². The van der Waals surface area contributed by atoms with E-state index in [9.17, 15) is 18.8 Å². The Morgan fingerprint density at radius 2 is 1.52 bits per heavy atom. The predicted octanol–water partition coefficient (Wildman–Crippen LogP) is 3.65. The molecule has 0 unspecified atom stereocenters. The van der Waals surface area contributed by atoms with Gasteiger partial charge in [0.05, 0.1) is 0 Å². The summed E-state index contributed by atoms with van der Waals surface area (Å²) in [6.45, 7) is 7.92. The summed E-state index contributed by atoms with van der Waals surface area (Å²) >= 11 is 0. The van der Waals surface area contributed by atoms with Crippen molar-refractivity contribution in [3.63, 3.8) is 0 Å². The van der Waals surface area contributed by atoms with Gasteiger partial charge in [-0.2, -0.15) is 0 Å². The number of hydrogen-bond acceptors (Lipinski definition) is 3. The predicted molar refractivity (Wildman–Crippen MR) is 125 cm³/mol. The first-order valence-electron chi connectivity index (χ1n) is 11.5. The second kappa shape index (κ2) is 11.1. The van der Waals surface area contributed by atoms with Crippen LogP contribution in [0.3, 0.4) is 0 Å². The first-order valence-corrected chi connectivity index (χ1v) is 11.5. The average Bonchev–Trinajstić information content (AvgIpc) is 2.83. The summed E-state index contributed by atoms with van der Waals surface area (Å²) in [7, 11) is 0. The third kappa shape index (κ3) is 5.97. The van der Waals surface area contributed by atoms with Gasteiger partial charge in [-0.25, -0.2) is 4.39 Å². The van der Waals surface area contributed by atoms with Crippen LogP contribution in [0.4, 0.5) is 4.39 Å². The van der Waals surface area contributed by atoms with Gasteiger partial charge in [-0.15, -0.1) is 0 Å². The van der Waals surface area contributed by atoms with Crippen molar-refractivity contribution in [3.05, 3.63) is 71.0 Å². The molecule has 0 saturated carbocycles. The van der Waals surface area contributed by atoms with Crippen LogP contribution in [0.15, 0.2) is 48.5 Å². The zero-order valence-electron chi connectivity index (χ0n) is 19.5. The smallest absolute Gasteiger partial charge is 0.253 e. The van der Waals surface area contributed by atoms with E-state index >= 15 is 0 Å². The van der Waals surface area contributed by atoms with Gasteiger partial charge in [0.15, 0.2) is 0 Å². The van der Waals surface area contributed by atoms with Gasteiger partial charge in [0.2, 0.25) is 5.91 Å². The highest BCUT2D eigenvalue weighted by Crippen LogP contribution is 2.24. The van der Waals surface area contributed by atoms with Crippen molar-refractivity contribution >= 4 is 17.7 Å². The highest BCUT2D eigenvalue weighted by Gasteiger charge is 2.35. The fourth-order valence-electron chi connectivity index (χ4n) is 4.25. The SMILES string of the molecule is CCN(CC)C(=O)[C@H](NC(=O)c1ccc(F)cc1)C1CCN(C(=O)c2ccc(C)cc2)CC1. The Kier molecular flexibility index (Phi) is 8.20. The number of carbonyl (C=O) groups is 3. The van der Waals surface area contributed by atoms with E-state index in [1.807, 2.05) is 49.9 Å². The summed E-state index contributed by atoms with van der Waals surface area (Å²) in [5.74, 6) is -1.06. The lowest BCUT2D eigenvalue weighted by Gasteiger charge is -2.37. The number of likely N-dealkylation sites (N-methyl/N-ethyl adjacent to an activating group) is 1. The van der Waals surface area contributed by atoms with Crippen molar-refractivity contribution in [2.45, 2.75) is 39.7 Å². The molecule has 1 heterocycles. The van der Waals surface area contributed by atoms with Gasteiger partial charge in [0.1, 0.15) is 11.9 Å². The third-order valence-electron chi connectivity index (χ3n) is 6.33. The molecule has 0 aliphatic carbocycles. The minimum atomic E-state index is -0.695. The fourth-order valence-corrected chi connectivity index (χ4v) is 4.25. The number of piperidine rings is 1. The van der Waals surface area contributed by atoms with Crippen molar-refractivity contribution in [3.8, 4) is 0 Å². The Bertz CT molecular complexity index is 963. The molecule has 1 N–H and O–H groups in total. The van der Waals surface area contributed by atoms with Crippen LogP contribution in [0.1, 0.15) is 53.0 Å². The number of likely N-dealkylation sites (tertiary alicyclic amines) is 1. The van der Waals surface area contributed by atoms with Crippen LogP contribution in [0.5, 0.6) is 0 Å². The molecule has 7 heteroatoms. The van der Waals surface area contributed by atoms with Crippen LogP contribution >= 0.6 is 0 Å². The lowest BCUT2D eigenvalue weighted by Crippen LogP contribution is -2.54. The van der Waals surface area contributed by atoms with E-state index in [2.05, 4.69) is 5.32 Å². The molecular weight excluding hydrogens is 421 g/mol. The van der Waals surface area contributed by atoms with Crippen molar-refractivity contribution in [1.82, 2.24) is 15.1 Å². The molecule has 0 radical (unpaired) electrons. The Labute approximate surface area is 194 Å². The maximum Gasteiger partial charge on any atom is 0.253 e. The monoisotopic (exact) mass is 453 g/mol. The van der Waals surface area contributed by atoms with Crippen molar-refractivity contribution < 1.29 is 18.8 Å². The van der Waals surface area contributed by atoms with Crippen LogP contribution < -0.4 is 5.32 Å². The molecule has 33 heavy (non-hydrogen) atoms. The molecule has 2 aromatic carbocycles. The zero-order chi connectivity index (χ0) is 24.0. The highest BCUT2D eigenvalue weighted by atomic mass is 19.1. The number of benzene rings is 2. The number of halogens is 1. The number of amides is 3.